The molecule has 0 spiro atoms. The molecular weight excluding hydrogens is 194 g/mol. The number of rotatable bonds is 6. The molecule has 2 unspecified atom stereocenters. The van der Waals surface area contributed by atoms with E-state index in [1.807, 2.05) is 20.8 Å². The van der Waals surface area contributed by atoms with Crippen molar-refractivity contribution in [2.24, 2.45) is 5.92 Å². The second-order valence-electron chi connectivity index (χ2n) is 4.30. The quantitative estimate of drug-likeness (QED) is 0.696. The Morgan fingerprint density at radius 3 is 2.33 bits per heavy atom. The van der Waals surface area contributed by atoms with Crippen molar-refractivity contribution < 1.29 is 14.6 Å². The zero-order valence-electron chi connectivity index (χ0n) is 10.3. The molecule has 1 amide bonds. The highest BCUT2D eigenvalue weighted by Crippen LogP contribution is 2.15. The average Bonchev–Trinajstić information content (AvgIpc) is 2.23. The Balaban J connectivity index is 4.45. The predicted octanol–water partition coefficient (Wildman–Crippen LogP) is 0.935. The van der Waals surface area contributed by atoms with Crippen LogP contribution in [0.1, 0.15) is 34.1 Å². The van der Waals surface area contributed by atoms with Gasteiger partial charge >= 0.3 is 0 Å². The summed E-state index contributed by atoms with van der Waals surface area (Å²) in [5.74, 6) is 0.0390. The lowest BCUT2D eigenvalue weighted by Gasteiger charge is -2.29. The molecule has 0 heterocycles. The second-order valence-corrected chi connectivity index (χ2v) is 4.30. The minimum absolute atomic E-state index is 0.0487. The van der Waals surface area contributed by atoms with Crippen LogP contribution in [0, 0.1) is 5.92 Å². The summed E-state index contributed by atoms with van der Waals surface area (Å²) in [7, 11) is 1.52. The summed E-state index contributed by atoms with van der Waals surface area (Å²) in [5, 5.41) is 11.9. The minimum Gasteiger partial charge on any atom is -0.394 e. The molecule has 4 nitrogen and oxygen atoms in total. The Morgan fingerprint density at radius 1 is 1.53 bits per heavy atom. The molecule has 2 N–H and O–H groups in total. The lowest BCUT2D eigenvalue weighted by molar-refractivity contribution is -0.143. The van der Waals surface area contributed by atoms with Crippen LogP contribution in [0.5, 0.6) is 0 Å². The fourth-order valence-corrected chi connectivity index (χ4v) is 1.14. The van der Waals surface area contributed by atoms with Crippen LogP contribution in [0.15, 0.2) is 0 Å². The van der Waals surface area contributed by atoms with E-state index in [9.17, 15) is 4.79 Å². The maximum Gasteiger partial charge on any atom is 0.252 e. The van der Waals surface area contributed by atoms with Crippen molar-refractivity contribution in [3.63, 3.8) is 0 Å². The van der Waals surface area contributed by atoms with Gasteiger partial charge in [-0.3, -0.25) is 4.79 Å². The van der Waals surface area contributed by atoms with Gasteiger partial charge < -0.3 is 15.2 Å². The van der Waals surface area contributed by atoms with Gasteiger partial charge in [0.1, 0.15) is 5.60 Å². The first kappa shape index (κ1) is 14.4. The fraction of sp³-hybridized carbons (Fsp3) is 0.909. The van der Waals surface area contributed by atoms with Crippen LogP contribution in [0.25, 0.3) is 0 Å². The molecule has 2 atom stereocenters. The topological polar surface area (TPSA) is 58.6 Å². The Kier molecular flexibility index (Phi) is 5.83. The van der Waals surface area contributed by atoms with E-state index in [4.69, 9.17) is 9.84 Å². The van der Waals surface area contributed by atoms with Crippen molar-refractivity contribution in [1.82, 2.24) is 5.32 Å². The van der Waals surface area contributed by atoms with Gasteiger partial charge in [0.25, 0.3) is 5.91 Å². The van der Waals surface area contributed by atoms with Crippen LogP contribution in [0.2, 0.25) is 0 Å². The molecule has 0 bridgehead atoms. The summed E-state index contributed by atoms with van der Waals surface area (Å²) in [4.78, 5) is 11.9. The van der Waals surface area contributed by atoms with Crippen molar-refractivity contribution in [3.8, 4) is 0 Å². The van der Waals surface area contributed by atoms with Gasteiger partial charge in [0.2, 0.25) is 0 Å². The lowest BCUT2D eigenvalue weighted by Crippen LogP contribution is -2.51. The number of nitrogens with one attached hydrogen (secondary N) is 1. The molecule has 0 aliphatic heterocycles. The molecule has 0 radical (unpaired) electrons. The highest BCUT2D eigenvalue weighted by Gasteiger charge is 2.32. The van der Waals surface area contributed by atoms with E-state index in [2.05, 4.69) is 5.32 Å². The van der Waals surface area contributed by atoms with E-state index < -0.39 is 5.60 Å². The first-order chi connectivity index (χ1) is 6.91. The van der Waals surface area contributed by atoms with Gasteiger partial charge in [-0.25, -0.2) is 0 Å². The number of methoxy groups -OCH3 is 1. The molecule has 90 valence electrons. The Bertz CT molecular complexity index is 200. The number of amides is 1. The number of hydrogen-bond donors (Lipinski definition) is 2. The fourth-order valence-electron chi connectivity index (χ4n) is 1.14. The summed E-state index contributed by atoms with van der Waals surface area (Å²) in [5.41, 5.74) is -0.803. The van der Waals surface area contributed by atoms with Gasteiger partial charge in [-0.05, 0) is 19.3 Å². The third kappa shape index (κ3) is 3.80. The van der Waals surface area contributed by atoms with Crippen LogP contribution >= 0.6 is 0 Å². The van der Waals surface area contributed by atoms with Crippen LogP contribution < -0.4 is 5.32 Å². The summed E-state index contributed by atoms with van der Waals surface area (Å²) < 4.78 is 5.18. The van der Waals surface area contributed by atoms with Crippen LogP contribution in [-0.4, -0.2) is 36.4 Å². The smallest absolute Gasteiger partial charge is 0.252 e. The van der Waals surface area contributed by atoms with Crippen LogP contribution in [0.4, 0.5) is 0 Å². The number of ether oxygens (including phenoxy) is 1. The monoisotopic (exact) mass is 217 g/mol. The summed E-state index contributed by atoms with van der Waals surface area (Å²) in [6, 6.07) is -0.210. The van der Waals surface area contributed by atoms with Gasteiger partial charge in [0.15, 0.2) is 0 Å². The molecular formula is C11H23NO3. The molecule has 15 heavy (non-hydrogen) atoms. The number of aliphatic hydroxyl groups is 1. The maximum atomic E-state index is 11.9. The van der Waals surface area contributed by atoms with Gasteiger partial charge in [-0.2, -0.15) is 0 Å². The Labute approximate surface area is 92.0 Å². The molecule has 0 aliphatic rings. The third-order valence-corrected chi connectivity index (χ3v) is 2.92. The minimum atomic E-state index is -0.803. The number of carbonyl (C=O) groups is 1. The largest absolute Gasteiger partial charge is 0.394 e. The lowest BCUT2D eigenvalue weighted by atomic mass is 9.99. The average molecular weight is 217 g/mol. The summed E-state index contributed by atoms with van der Waals surface area (Å²) >= 11 is 0. The molecule has 4 heteroatoms. The van der Waals surface area contributed by atoms with Crippen molar-refractivity contribution in [1.29, 1.82) is 0 Å². The first-order valence-electron chi connectivity index (χ1n) is 5.38. The standard InChI is InChI=1S/C11H23NO3/c1-6-11(4,15-5)10(14)12-9(7-13)8(2)3/h8-9,13H,6-7H2,1-5H3,(H,12,14). The molecule has 0 fully saturated rings. The molecule has 0 aliphatic carbocycles. The Morgan fingerprint density at radius 2 is 2.07 bits per heavy atom. The normalized spacial score (nSPS) is 17.3. The van der Waals surface area contributed by atoms with E-state index in [0.717, 1.165) is 0 Å². The molecule has 0 aromatic carbocycles. The highest BCUT2D eigenvalue weighted by molar-refractivity contribution is 5.84. The van der Waals surface area contributed by atoms with Crippen LogP contribution in [0.3, 0.4) is 0 Å². The van der Waals surface area contributed by atoms with E-state index in [0.29, 0.717) is 6.42 Å². The number of aliphatic hydroxyl groups excluding tert-OH is 1. The van der Waals surface area contributed by atoms with Crippen molar-refractivity contribution in [3.05, 3.63) is 0 Å². The van der Waals surface area contributed by atoms with Gasteiger partial charge in [-0.15, -0.1) is 0 Å². The van der Waals surface area contributed by atoms with E-state index in [1.165, 1.54) is 7.11 Å². The molecule has 0 rings (SSSR count). The molecule has 0 aromatic rings. The highest BCUT2D eigenvalue weighted by atomic mass is 16.5. The zero-order valence-corrected chi connectivity index (χ0v) is 10.3. The van der Waals surface area contributed by atoms with Gasteiger partial charge in [0.05, 0.1) is 12.6 Å². The SMILES string of the molecule is CCC(C)(OC)C(=O)NC(CO)C(C)C. The van der Waals surface area contributed by atoms with Gasteiger partial charge in [-0.1, -0.05) is 20.8 Å². The van der Waals surface area contributed by atoms with Gasteiger partial charge in [0, 0.05) is 7.11 Å². The first-order valence-corrected chi connectivity index (χ1v) is 5.38. The van der Waals surface area contributed by atoms with Crippen molar-refractivity contribution in [2.45, 2.75) is 45.8 Å². The zero-order chi connectivity index (χ0) is 12.1. The van der Waals surface area contributed by atoms with Crippen molar-refractivity contribution >= 4 is 5.91 Å². The van der Waals surface area contributed by atoms with E-state index >= 15 is 0 Å². The number of hydrogen-bond acceptors (Lipinski definition) is 3. The maximum absolute atomic E-state index is 11.9. The molecule has 0 saturated heterocycles. The predicted molar refractivity (Wildman–Crippen MR) is 59.6 cm³/mol. The molecule has 0 saturated carbocycles. The second kappa shape index (κ2) is 6.08. The molecule has 0 aromatic heterocycles. The summed E-state index contributed by atoms with van der Waals surface area (Å²) in [6.07, 6.45) is 0.603. The Hall–Kier alpha value is -0.610. The number of carbonyl (C=O) groups excluding carboxylic acids is 1. The third-order valence-electron chi connectivity index (χ3n) is 2.92. The van der Waals surface area contributed by atoms with E-state index in [-0.39, 0.29) is 24.5 Å². The summed E-state index contributed by atoms with van der Waals surface area (Å²) in [6.45, 7) is 7.50. The van der Waals surface area contributed by atoms with Crippen molar-refractivity contribution in [2.75, 3.05) is 13.7 Å². The van der Waals surface area contributed by atoms with Crippen LogP contribution in [-0.2, 0) is 9.53 Å². The van der Waals surface area contributed by atoms with E-state index in [1.54, 1.807) is 6.92 Å².